The Hall–Kier alpha value is -2.94. The number of pyridine rings is 1. The fourth-order valence-corrected chi connectivity index (χ4v) is 3.46. The van der Waals surface area contributed by atoms with Crippen LogP contribution in [-0.2, 0) is 0 Å². The van der Waals surface area contributed by atoms with Crippen molar-refractivity contribution in [1.82, 2.24) is 9.97 Å². The van der Waals surface area contributed by atoms with Crippen LogP contribution < -0.4 is 4.90 Å². The van der Waals surface area contributed by atoms with Gasteiger partial charge in [0.1, 0.15) is 5.65 Å². The van der Waals surface area contributed by atoms with Crippen LogP contribution in [0.5, 0.6) is 0 Å². The SMILES string of the molecule is N#Cc1cccc(-c2c[nH]c3nccc(N4CCCC(F)(F)C4)c23)c1. The van der Waals surface area contributed by atoms with E-state index in [4.69, 9.17) is 5.26 Å². The van der Waals surface area contributed by atoms with Crippen LogP contribution in [0, 0.1) is 11.3 Å². The Labute approximate surface area is 143 Å². The number of piperidine rings is 1. The minimum absolute atomic E-state index is 0.0675. The van der Waals surface area contributed by atoms with Gasteiger partial charge in [0.2, 0.25) is 0 Å². The fraction of sp³-hybridized carbons (Fsp3) is 0.263. The molecule has 1 aliphatic rings. The third-order valence-electron chi connectivity index (χ3n) is 4.59. The number of nitriles is 1. The highest BCUT2D eigenvalue weighted by Gasteiger charge is 2.36. The van der Waals surface area contributed by atoms with Gasteiger partial charge in [0, 0.05) is 36.3 Å². The van der Waals surface area contributed by atoms with E-state index in [2.05, 4.69) is 16.0 Å². The first-order valence-corrected chi connectivity index (χ1v) is 8.17. The second-order valence-corrected chi connectivity index (χ2v) is 6.33. The third kappa shape index (κ3) is 2.82. The molecule has 4 nitrogen and oxygen atoms in total. The summed E-state index contributed by atoms with van der Waals surface area (Å²) >= 11 is 0. The number of H-pyrrole nitrogens is 1. The molecule has 2 aromatic heterocycles. The third-order valence-corrected chi connectivity index (χ3v) is 4.59. The van der Waals surface area contributed by atoms with Gasteiger partial charge in [0.25, 0.3) is 5.92 Å². The maximum Gasteiger partial charge on any atom is 0.265 e. The van der Waals surface area contributed by atoms with E-state index in [-0.39, 0.29) is 13.0 Å². The van der Waals surface area contributed by atoms with Gasteiger partial charge in [-0.2, -0.15) is 5.26 Å². The Bertz CT molecular complexity index is 971. The predicted molar refractivity (Wildman–Crippen MR) is 92.6 cm³/mol. The van der Waals surface area contributed by atoms with Crippen molar-refractivity contribution in [2.75, 3.05) is 18.0 Å². The van der Waals surface area contributed by atoms with E-state index in [0.717, 1.165) is 22.2 Å². The smallest absolute Gasteiger partial charge is 0.265 e. The van der Waals surface area contributed by atoms with Crippen LogP contribution in [0.3, 0.4) is 0 Å². The van der Waals surface area contributed by atoms with Crippen LogP contribution in [0.25, 0.3) is 22.2 Å². The van der Waals surface area contributed by atoms with Crippen LogP contribution in [0.4, 0.5) is 14.5 Å². The molecule has 25 heavy (non-hydrogen) atoms. The van der Waals surface area contributed by atoms with Gasteiger partial charge in [-0.15, -0.1) is 0 Å². The minimum Gasteiger partial charge on any atom is -0.365 e. The number of anilines is 1. The molecule has 1 fully saturated rings. The monoisotopic (exact) mass is 338 g/mol. The fourth-order valence-electron chi connectivity index (χ4n) is 3.46. The molecule has 1 aliphatic heterocycles. The number of rotatable bonds is 2. The zero-order valence-electron chi connectivity index (χ0n) is 13.5. The van der Waals surface area contributed by atoms with E-state index >= 15 is 0 Å². The Morgan fingerprint density at radius 3 is 2.96 bits per heavy atom. The van der Waals surface area contributed by atoms with Crippen molar-refractivity contribution in [1.29, 1.82) is 5.26 Å². The summed E-state index contributed by atoms with van der Waals surface area (Å²) in [7, 11) is 0. The molecule has 0 radical (unpaired) electrons. The molecule has 126 valence electrons. The van der Waals surface area contributed by atoms with Crippen molar-refractivity contribution in [3.8, 4) is 17.2 Å². The molecule has 1 N–H and O–H groups in total. The molecular formula is C19H16F2N4. The van der Waals surface area contributed by atoms with Gasteiger partial charge >= 0.3 is 0 Å². The highest BCUT2D eigenvalue weighted by molar-refractivity contribution is 6.02. The summed E-state index contributed by atoms with van der Waals surface area (Å²) in [6, 6.07) is 11.2. The van der Waals surface area contributed by atoms with Gasteiger partial charge in [-0.25, -0.2) is 13.8 Å². The van der Waals surface area contributed by atoms with E-state index < -0.39 is 5.92 Å². The maximum absolute atomic E-state index is 13.9. The number of nitrogens with one attached hydrogen (secondary N) is 1. The molecule has 0 atom stereocenters. The van der Waals surface area contributed by atoms with Gasteiger partial charge in [-0.05, 0) is 30.2 Å². The van der Waals surface area contributed by atoms with Crippen molar-refractivity contribution < 1.29 is 8.78 Å². The standard InChI is InChI=1S/C19H16F2N4/c20-19(21)6-2-8-25(12-19)16-5-7-23-18-17(16)15(11-24-18)14-4-1-3-13(9-14)10-22/h1,3-5,7,9,11H,2,6,8,12H2,(H,23,24). The van der Waals surface area contributed by atoms with Gasteiger partial charge in [-0.1, -0.05) is 12.1 Å². The lowest BCUT2D eigenvalue weighted by Crippen LogP contribution is -2.42. The van der Waals surface area contributed by atoms with Gasteiger partial charge < -0.3 is 9.88 Å². The molecule has 0 spiro atoms. The minimum atomic E-state index is -2.68. The van der Waals surface area contributed by atoms with E-state index in [9.17, 15) is 8.78 Å². The summed E-state index contributed by atoms with van der Waals surface area (Å²) in [6.07, 6.45) is 3.85. The predicted octanol–water partition coefficient (Wildman–Crippen LogP) is 4.34. The highest BCUT2D eigenvalue weighted by atomic mass is 19.3. The number of fused-ring (bicyclic) bond motifs is 1. The molecule has 0 saturated carbocycles. The van der Waals surface area contributed by atoms with Gasteiger partial charge in [0.15, 0.2) is 0 Å². The largest absolute Gasteiger partial charge is 0.365 e. The molecule has 4 rings (SSSR count). The summed E-state index contributed by atoms with van der Waals surface area (Å²) in [6.45, 7) is 0.312. The van der Waals surface area contributed by atoms with Crippen molar-refractivity contribution in [3.63, 3.8) is 0 Å². The lowest BCUT2D eigenvalue weighted by molar-refractivity contribution is -0.0116. The van der Waals surface area contributed by atoms with Crippen LogP contribution in [-0.4, -0.2) is 29.0 Å². The summed E-state index contributed by atoms with van der Waals surface area (Å²) < 4.78 is 27.8. The maximum atomic E-state index is 13.9. The molecule has 0 amide bonds. The lowest BCUT2D eigenvalue weighted by Gasteiger charge is -2.34. The van der Waals surface area contributed by atoms with E-state index in [1.807, 2.05) is 18.3 Å². The normalized spacial score (nSPS) is 16.8. The number of aromatic amines is 1. The zero-order chi connectivity index (χ0) is 17.4. The van der Waals surface area contributed by atoms with E-state index in [1.54, 1.807) is 29.3 Å². The first-order chi connectivity index (χ1) is 12.1. The molecule has 1 aromatic carbocycles. The second-order valence-electron chi connectivity index (χ2n) is 6.33. The molecule has 6 heteroatoms. The number of hydrogen-bond acceptors (Lipinski definition) is 3. The molecule has 0 aliphatic carbocycles. The molecule has 0 unspecified atom stereocenters. The van der Waals surface area contributed by atoms with Gasteiger partial charge in [-0.3, -0.25) is 0 Å². The first kappa shape index (κ1) is 15.6. The Kier molecular flexibility index (Phi) is 3.65. The zero-order valence-corrected chi connectivity index (χ0v) is 13.5. The van der Waals surface area contributed by atoms with Crippen LogP contribution in [0.1, 0.15) is 18.4 Å². The number of nitrogens with zero attached hydrogens (tertiary/aromatic N) is 3. The summed E-state index contributed by atoms with van der Waals surface area (Å²) in [5, 5.41) is 9.94. The average Bonchev–Trinajstić information content (AvgIpc) is 3.05. The number of benzene rings is 1. The number of alkyl halides is 2. The van der Waals surface area contributed by atoms with Crippen LogP contribution >= 0.6 is 0 Å². The van der Waals surface area contributed by atoms with Crippen molar-refractivity contribution in [2.45, 2.75) is 18.8 Å². The van der Waals surface area contributed by atoms with E-state index in [1.165, 1.54) is 0 Å². The van der Waals surface area contributed by atoms with Gasteiger partial charge in [0.05, 0.1) is 23.9 Å². The summed E-state index contributed by atoms with van der Waals surface area (Å²) in [5.41, 5.74) is 3.70. The first-order valence-electron chi connectivity index (χ1n) is 8.17. The summed E-state index contributed by atoms with van der Waals surface area (Å²) in [5.74, 6) is -2.68. The number of hydrogen-bond donors (Lipinski definition) is 1. The number of aromatic nitrogens is 2. The molecule has 0 bridgehead atoms. The Balaban J connectivity index is 1.86. The van der Waals surface area contributed by atoms with Crippen molar-refractivity contribution in [3.05, 3.63) is 48.3 Å². The second kappa shape index (κ2) is 5.85. The Morgan fingerprint density at radius 2 is 2.16 bits per heavy atom. The van der Waals surface area contributed by atoms with E-state index in [0.29, 0.717) is 24.2 Å². The molecule has 3 heterocycles. The molecule has 1 saturated heterocycles. The topological polar surface area (TPSA) is 55.7 Å². The average molecular weight is 338 g/mol. The van der Waals surface area contributed by atoms with Crippen LogP contribution in [0.15, 0.2) is 42.7 Å². The Morgan fingerprint density at radius 1 is 1.28 bits per heavy atom. The highest BCUT2D eigenvalue weighted by Crippen LogP contribution is 2.38. The molecular weight excluding hydrogens is 322 g/mol. The van der Waals surface area contributed by atoms with Crippen LogP contribution in [0.2, 0.25) is 0 Å². The van der Waals surface area contributed by atoms with Crippen molar-refractivity contribution in [2.24, 2.45) is 0 Å². The molecule has 3 aromatic rings. The number of halogens is 2. The quantitative estimate of drug-likeness (QED) is 0.756. The lowest BCUT2D eigenvalue weighted by atomic mass is 10.0. The summed E-state index contributed by atoms with van der Waals surface area (Å²) in [4.78, 5) is 9.18. The van der Waals surface area contributed by atoms with Crippen molar-refractivity contribution >= 4 is 16.7 Å².